The van der Waals surface area contributed by atoms with E-state index in [1.165, 1.54) is 12.8 Å². The van der Waals surface area contributed by atoms with Crippen LogP contribution in [0.5, 0.6) is 0 Å². The van der Waals surface area contributed by atoms with Crippen LogP contribution in [-0.4, -0.2) is 18.9 Å². The van der Waals surface area contributed by atoms with Gasteiger partial charge >= 0.3 is 0 Å². The highest BCUT2D eigenvalue weighted by molar-refractivity contribution is 5.37. The molecule has 1 aliphatic rings. The minimum absolute atomic E-state index is 0.314. The third kappa shape index (κ3) is 3.77. The highest BCUT2D eigenvalue weighted by atomic mass is 16.7. The molecule has 0 radical (unpaired) electrons. The lowest BCUT2D eigenvalue weighted by Gasteiger charge is -2.19. The van der Waals surface area contributed by atoms with Gasteiger partial charge in [-0.1, -0.05) is 26.2 Å². The number of hydrogen-bond donors (Lipinski definition) is 0. The van der Waals surface area contributed by atoms with E-state index in [-0.39, 0.29) is 6.29 Å². The molecule has 0 saturated heterocycles. The van der Waals surface area contributed by atoms with Crippen molar-refractivity contribution in [3.05, 3.63) is 0 Å². The van der Waals surface area contributed by atoms with Crippen LogP contribution in [0.2, 0.25) is 0 Å². The van der Waals surface area contributed by atoms with Crippen molar-refractivity contribution in [2.75, 3.05) is 0 Å². The standard InChI is InChI=1S/C10H18O3/c1-2-5-10(12-8-11)13-9-6-3-4-7-9/h8-10H,2-7H2,1H3. The molecular formula is C10H18O3. The monoisotopic (exact) mass is 186 g/mol. The Hall–Kier alpha value is -0.570. The van der Waals surface area contributed by atoms with E-state index in [9.17, 15) is 4.79 Å². The molecule has 0 bridgehead atoms. The zero-order valence-electron chi connectivity index (χ0n) is 8.20. The van der Waals surface area contributed by atoms with Gasteiger partial charge in [0.05, 0.1) is 6.10 Å². The van der Waals surface area contributed by atoms with Gasteiger partial charge in [0.2, 0.25) is 6.29 Å². The first-order chi connectivity index (χ1) is 6.36. The Kier molecular flexibility index (Phi) is 4.83. The van der Waals surface area contributed by atoms with Crippen LogP contribution in [0.4, 0.5) is 0 Å². The minimum Gasteiger partial charge on any atom is -0.438 e. The quantitative estimate of drug-likeness (QED) is 0.471. The van der Waals surface area contributed by atoms with Gasteiger partial charge in [-0.05, 0) is 12.8 Å². The highest BCUT2D eigenvalue weighted by Gasteiger charge is 2.20. The van der Waals surface area contributed by atoms with E-state index in [2.05, 4.69) is 6.92 Å². The predicted octanol–water partition coefficient (Wildman–Crippen LogP) is 2.24. The van der Waals surface area contributed by atoms with E-state index in [0.29, 0.717) is 12.6 Å². The predicted molar refractivity (Wildman–Crippen MR) is 49.2 cm³/mol. The van der Waals surface area contributed by atoms with Crippen LogP contribution in [-0.2, 0) is 14.3 Å². The van der Waals surface area contributed by atoms with Gasteiger partial charge in [0.25, 0.3) is 6.47 Å². The maximum atomic E-state index is 10.2. The summed E-state index contributed by atoms with van der Waals surface area (Å²) in [7, 11) is 0. The van der Waals surface area contributed by atoms with Gasteiger partial charge in [-0.2, -0.15) is 0 Å². The molecular weight excluding hydrogens is 168 g/mol. The van der Waals surface area contributed by atoms with Gasteiger partial charge in [-0.25, -0.2) is 0 Å². The average molecular weight is 186 g/mol. The summed E-state index contributed by atoms with van der Waals surface area (Å²) < 4.78 is 10.5. The second-order valence-electron chi connectivity index (χ2n) is 3.49. The van der Waals surface area contributed by atoms with Gasteiger partial charge in [0, 0.05) is 6.42 Å². The van der Waals surface area contributed by atoms with Crippen molar-refractivity contribution in [2.45, 2.75) is 57.8 Å². The number of ether oxygens (including phenoxy) is 2. The molecule has 1 atom stereocenters. The lowest BCUT2D eigenvalue weighted by molar-refractivity contribution is -0.177. The zero-order chi connectivity index (χ0) is 9.52. The van der Waals surface area contributed by atoms with Crippen molar-refractivity contribution < 1.29 is 14.3 Å². The maximum Gasteiger partial charge on any atom is 0.295 e. The smallest absolute Gasteiger partial charge is 0.295 e. The van der Waals surface area contributed by atoms with Crippen molar-refractivity contribution in [2.24, 2.45) is 0 Å². The summed E-state index contributed by atoms with van der Waals surface area (Å²) in [6, 6.07) is 0. The summed E-state index contributed by atoms with van der Waals surface area (Å²) in [4.78, 5) is 10.2. The van der Waals surface area contributed by atoms with Crippen LogP contribution in [0.15, 0.2) is 0 Å². The van der Waals surface area contributed by atoms with E-state index in [0.717, 1.165) is 25.7 Å². The maximum absolute atomic E-state index is 10.2. The van der Waals surface area contributed by atoms with Gasteiger partial charge in [-0.3, -0.25) is 4.79 Å². The van der Waals surface area contributed by atoms with Crippen LogP contribution in [0.3, 0.4) is 0 Å². The van der Waals surface area contributed by atoms with E-state index < -0.39 is 0 Å². The molecule has 0 heterocycles. The van der Waals surface area contributed by atoms with E-state index in [1.54, 1.807) is 0 Å². The van der Waals surface area contributed by atoms with Crippen LogP contribution < -0.4 is 0 Å². The minimum atomic E-state index is -0.314. The molecule has 1 fully saturated rings. The second kappa shape index (κ2) is 5.97. The van der Waals surface area contributed by atoms with Gasteiger partial charge in [-0.15, -0.1) is 0 Å². The van der Waals surface area contributed by atoms with E-state index in [4.69, 9.17) is 9.47 Å². The molecule has 0 aromatic carbocycles. The summed E-state index contributed by atoms with van der Waals surface area (Å²) in [5.74, 6) is 0. The first kappa shape index (κ1) is 10.5. The first-order valence-electron chi connectivity index (χ1n) is 5.11. The summed E-state index contributed by atoms with van der Waals surface area (Å²) in [6.07, 6.45) is 6.49. The number of carbonyl (C=O) groups is 1. The second-order valence-corrected chi connectivity index (χ2v) is 3.49. The Labute approximate surface area is 79.4 Å². The fourth-order valence-electron chi connectivity index (χ4n) is 1.70. The fraction of sp³-hybridized carbons (Fsp3) is 0.900. The molecule has 1 unspecified atom stereocenters. The van der Waals surface area contributed by atoms with Crippen molar-refractivity contribution in [3.63, 3.8) is 0 Å². The normalized spacial score (nSPS) is 20.1. The van der Waals surface area contributed by atoms with Gasteiger partial charge in [0.15, 0.2) is 0 Å². The van der Waals surface area contributed by atoms with Crippen LogP contribution in [0, 0.1) is 0 Å². The molecule has 76 valence electrons. The Morgan fingerprint density at radius 2 is 2.15 bits per heavy atom. The molecule has 3 nitrogen and oxygen atoms in total. The summed E-state index contributed by atoms with van der Waals surface area (Å²) >= 11 is 0. The zero-order valence-corrected chi connectivity index (χ0v) is 8.20. The molecule has 1 rings (SSSR count). The Morgan fingerprint density at radius 1 is 1.46 bits per heavy atom. The van der Waals surface area contributed by atoms with Crippen LogP contribution in [0.25, 0.3) is 0 Å². The third-order valence-electron chi connectivity index (χ3n) is 2.38. The summed E-state index contributed by atoms with van der Waals surface area (Å²) in [5.41, 5.74) is 0. The number of hydrogen-bond acceptors (Lipinski definition) is 3. The van der Waals surface area contributed by atoms with Crippen LogP contribution >= 0.6 is 0 Å². The first-order valence-corrected chi connectivity index (χ1v) is 5.11. The summed E-state index contributed by atoms with van der Waals surface area (Å²) in [6.45, 7) is 2.54. The SMILES string of the molecule is CCCC(OC=O)OC1CCCC1. The molecule has 0 amide bonds. The molecule has 0 spiro atoms. The van der Waals surface area contributed by atoms with Crippen molar-refractivity contribution >= 4 is 6.47 Å². The molecule has 0 aromatic heterocycles. The average Bonchev–Trinajstić information content (AvgIpc) is 2.58. The fourth-order valence-corrected chi connectivity index (χ4v) is 1.70. The van der Waals surface area contributed by atoms with E-state index >= 15 is 0 Å². The van der Waals surface area contributed by atoms with Gasteiger partial charge < -0.3 is 9.47 Å². The molecule has 0 aromatic rings. The molecule has 0 aliphatic heterocycles. The van der Waals surface area contributed by atoms with Crippen LogP contribution in [0.1, 0.15) is 45.4 Å². The van der Waals surface area contributed by atoms with Crippen molar-refractivity contribution in [1.82, 2.24) is 0 Å². The number of carbonyl (C=O) groups excluding carboxylic acids is 1. The lowest BCUT2D eigenvalue weighted by atomic mass is 10.3. The van der Waals surface area contributed by atoms with Crippen molar-refractivity contribution in [3.8, 4) is 0 Å². The summed E-state index contributed by atoms with van der Waals surface area (Å²) in [5, 5.41) is 0. The molecule has 3 heteroatoms. The van der Waals surface area contributed by atoms with E-state index in [1.807, 2.05) is 0 Å². The molecule has 1 saturated carbocycles. The lowest BCUT2D eigenvalue weighted by Crippen LogP contribution is -2.22. The largest absolute Gasteiger partial charge is 0.438 e. The molecule has 1 aliphatic carbocycles. The number of rotatable bonds is 6. The highest BCUT2D eigenvalue weighted by Crippen LogP contribution is 2.23. The Balaban J connectivity index is 2.22. The topological polar surface area (TPSA) is 35.5 Å². The Bertz CT molecular complexity index is 141. The molecule has 0 N–H and O–H groups in total. The Morgan fingerprint density at radius 3 is 2.69 bits per heavy atom. The molecule has 13 heavy (non-hydrogen) atoms. The van der Waals surface area contributed by atoms with Crippen molar-refractivity contribution in [1.29, 1.82) is 0 Å². The van der Waals surface area contributed by atoms with Gasteiger partial charge in [0.1, 0.15) is 0 Å². The third-order valence-corrected chi connectivity index (χ3v) is 2.38.